The van der Waals surface area contributed by atoms with Crippen LogP contribution in [0.3, 0.4) is 0 Å². The fourth-order valence-electron chi connectivity index (χ4n) is 1.87. The van der Waals surface area contributed by atoms with Gasteiger partial charge in [0.25, 0.3) is 0 Å². The Labute approximate surface area is 119 Å². The maximum absolute atomic E-state index is 12.7. The van der Waals surface area contributed by atoms with E-state index in [-0.39, 0.29) is 30.2 Å². The third-order valence-corrected chi connectivity index (χ3v) is 2.99. The first kappa shape index (κ1) is 16.1. The molecule has 0 aromatic heterocycles. The first-order valence-electron chi connectivity index (χ1n) is 6.68. The standard InChI is InChI=1S/C15H21FN2O2/c1-11(2)18(12(3)19)10-15(20)17-9-8-13-4-6-14(16)7-5-13/h4-7,11H,8-10H2,1-3H3,(H,17,20). The van der Waals surface area contributed by atoms with Crippen molar-refractivity contribution in [1.82, 2.24) is 10.2 Å². The molecule has 110 valence electrons. The number of halogens is 1. The van der Waals surface area contributed by atoms with Crippen molar-refractivity contribution in [1.29, 1.82) is 0 Å². The Balaban J connectivity index is 2.36. The lowest BCUT2D eigenvalue weighted by Crippen LogP contribution is -2.43. The summed E-state index contributed by atoms with van der Waals surface area (Å²) < 4.78 is 12.7. The van der Waals surface area contributed by atoms with Crippen molar-refractivity contribution < 1.29 is 14.0 Å². The van der Waals surface area contributed by atoms with Crippen molar-refractivity contribution in [3.05, 3.63) is 35.6 Å². The Morgan fingerprint density at radius 2 is 1.85 bits per heavy atom. The monoisotopic (exact) mass is 280 g/mol. The smallest absolute Gasteiger partial charge is 0.239 e. The van der Waals surface area contributed by atoms with Gasteiger partial charge in [0, 0.05) is 19.5 Å². The molecule has 0 atom stereocenters. The van der Waals surface area contributed by atoms with E-state index >= 15 is 0 Å². The number of carbonyl (C=O) groups is 2. The van der Waals surface area contributed by atoms with E-state index in [0.717, 1.165) is 5.56 Å². The number of hydrogen-bond acceptors (Lipinski definition) is 2. The zero-order valence-corrected chi connectivity index (χ0v) is 12.1. The Hall–Kier alpha value is -1.91. The van der Waals surface area contributed by atoms with Crippen LogP contribution in [0.25, 0.3) is 0 Å². The molecule has 5 heteroatoms. The Morgan fingerprint density at radius 1 is 1.25 bits per heavy atom. The molecule has 0 bridgehead atoms. The summed E-state index contributed by atoms with van der Waals surface area (Å²) in [4.78, 5) is 24.6. The second-order valence-electron chi connectivity index (χ2n) is 4.97. The van der Waals surface area contributed by atoms with Gasteiger partial charge in [-0.1, -0.05) is 12.1 Å². The first-order valence-corrected chi connectivity index (χ1v) is 6.68. The summed E-state index contributed by atoms with van der Waals surface area (Å²) in [6.45, 7) is 5.72. The summed E-state index contributed by atoms with van der Waals surface area (Å²) in [6.07, 6.45) is 0.633. The van der Waals surface area contributed by atoms with E-state index in [9.17, 15) is 14.0 Å². The summed E-state index contributed by atoms with van der Waals surface area (Å²) in [5.74, 6) is -0.573. The lowest BCUT2D eigenvalue weighted by atomic mass is 10.1. The maximum atomic E-state index is 12.7. The van der Waals surface area contributed by atoms with Crippen LogP contribution < -0.4 is 5.32 Å². The molecule has 0 unspecified atom stereocenters. The van der Waals surface area contributed by atoms with Gasteiger partial charge in [-0.2, -0.15) is 0 Å². The van der Waals surface area contributed by atoms with E-state index in [0.29, 0.717) is 13.0 Å². The lowest BCUT2D eigenvalue weighted by molar-refractivity contribution is -0.135. The summed E-state index contributed by atoms with van der Waals surface area (Å²) in [5.41, 5.74) is 0.957. The van der Waals surface area contributed by atoms with Crippen LogP contribution in [-0.2, 0) is 16.0 Å². The van der Waals surface area contributed by atoms with Gasteiger partial charge in [-0.25, -0.2) is 4.39 Å². The van der Waals surface area contributed by atoms with Crippen LogP contribution in [0.15, 0.2) is 24.3 Å². The topological polar surface area (TPSA) is 49.4 Å². The number of nitrogens with one attached hydrogen (secondary N) is 1. The zero-order chi connectivity index (χ0) is 15.1. The van der Waals surface area contributed by atoms with Gasteiger partial charge >= 0.3 is 0 Å². The van der Waals surface area contributed by atoms with Crippen molar-refractivity contribution >= 4 is 11.8 Å². The highest BCUT2D eigenvalue weighted by molar-refractivity contribution is 5.83. The molecule has 20 heavy (non-hydrogen) atoms. The second-order valence-corrected chi connectivity index (χ2v) is 4.97. The van der Waals surface area contributed by atoms with Crippen molar-refractivity contribution in [3.63, 3.8) is 0 Å². The molecule has 0 aliphatic rings. The SMILES string of the molecule is CC(=O)N(CC(=O)NCCc1ccc(F)cc1)C(C)C. The Morgan fingerprint density at radius 3 is 2.35 bits per heavy atom. The highest BCUT2D eigenvalue weighted by atomic mass is 19.1. The number of hydrogen-bond donors (Lipinski definition) is 1. The van der Waals surface area contributed by atoms with Crippen LogP contribution >= 0.6 is 0 Å². The van der Waals surface area contributed by atoms with Gasteiger partial charge in [-0.3, -0.25) is 9.59 Å². The first-order chi connectivity index (χ1) is 9.40. The van der Waals surface area contributed by atoms with Gasteiger partial charge in [-0.05, 0) is 38.0 Å². The van der Waals surface area contributed by atoms with E-state index in [1.54, 1.807) is 12.1 Å². The maximum Gasteiger partial charge on any atom is 0.239 e. The van der Waals surface area contributed by atoms with Gasteiger partial charge in [0.15, 0.2) is 0 Å². The number of carbonyl (C=O) groups excluding carboxylic acids is 2. The molecule has 0 radical (unpaired) electrons. The van der Waals surface area contributed by atoms with E-state index in [2.05, 4.69) is 5.32 Å². The molecule has 1 N–H and O–H groups in total. The van der Waals surface area contributed by atoms with Crippen LogP contribution in [0, 0.1) is 5.82 Å². The number of benzene rings is 1. The molecule has 0 heterocycles. The quantitative estimate of drug-likeness (QED) is 0.863. The molecular formula is C15H21FN2O2. The molecule has 1 aromatic rings. The van der Waals surface area contributed by atoms with Crippen LogP contribution in [0.1, 0.15) is 26.3 Å². The van der Waals surface area contributed by atoms with Gasteiger partial charge in [0.05, 0.1) is 6.54 Å². The molecule has 0 saturated carbocycles. The average Bonchev–Trinajstić information content (AvgIpc) is 2.37. The van der Waals surface area contributed by atoms with E-state index in [4.69, 9.17) is 0 Å². The summed E-state index contributed by atoms with van der Waals surface area (Å²) >= 11 is 0. The number of amides is 2. The minimum Gasteiger partial charge on any atom is -0.354 e. The second kappa shape index (κ2) is 7.62. The van der Waals surface area contributed by atoms with E-state index in [1.807, 2.05) is 13.8 Å². The van der Waals surface area contributed by atoms with Crippen molar-refractivity contribution in [2.75, 3.05) is 13.1 Å². The zero-order valence-electron chi connectivity index (χ0n) is 12.1. The molecule has 0 aliphatic carbocycles. The van der Waals surface area contributed by atoms with Crippen molar-refractivity contribution in [3.8, 4) is 0 Å². The van der Waals surface area contributed by atoms with E-state index < -0.39 is 0 Å². The van der Waals surface area contributed by atoms with Crippen LogP contribution in [-0.4, -0.2) is 35.8 Å². The number of nitrogens with zero attached hydrogens (tertiary/aromatic N) is 1. The molecule has 0 saturated heterocycles. The van der Waals surface area contributed by atoms with Gasteiger partial charge < -0.3 is 10.2 Å². The molecule has 1 rings (SSSR count). The molecular weight excluding hydrogens is 259 g/mol. The van der Waals surface area contributed by atoms with Crippen LogP contribution in [0.2, 0.25) is 0 Å². The minimum absolute atomic E-state index is 0.00431. The Kier molecular flexibility index (Phi) is 6.15. The van der Waals surface area contributed by atoms with E-state index in [1.165, 1.54) is 24.0 Å². The predicted molar refractivity (Wildman–Crippen MR) is 75.6 cm³/mol. The molecule has 0 aliphatic heterocycles. The third-order valence-electron chi connectivity index (χ3n) is 2.99. The highest BCUT2D eigenvalue weighted by Gasteiger charge is 2.16. The predicted octanol–water partition coefficient (Wildman–Crippen LogP) is 1.74. The largest absolute Gasteiger partial charge is 0.354 e. The summed E-state index contributed by atoms with van der Waals surface area (Å²) in [5, 5.41) is 2.76. The van der Waals surface area contributed by atoms with Crippen LogP contribution in [0.5, 0.6) is 0 Å². The van der Waals surface area contributed by atoms with Crippen molar-refractivity contribution in [2.45, 2.75) is 33.2 Å². The van der Waals surface area contributed by atoms with Gasteiger partial charge in [0.1, 0.15) is 5.82 Å². The normalized spacial score (nSPS) is 10.4. The molecule has 0 fully saturated rings. The van der Waals surface area contributed by atoms with Gasteiger partial charge in [0.2, 0.25) is 11.8 Å². The Bertz CT molecular complexity index is 457. The lowest BCUT2D eigenvalue weighted by Gasteiger charge is -2.24. The van der Waals surface area contributed by atoms with Gasteiger partial charge in [-0.15, -0.1) is 0 Å². The molecule has 2 amide bonds. The summed E-state index contributed by atoms with van der Waals surface area (Å²) in [6, 6.07) is 6.17. The molecule has 4 nitrogen and oxygen atoms in total. The summed E-state index contributed by atoms with van der Waals surface area (Å²) in [7, 11) is 0. The van der Waals surface area contributed by atoms with Crippen LogP contribution in [0.4, 0.5) is 4.39 Å². The average molecular weight is 280 g/mol. The molecule has 0 spiro atoms. The molecule has 1 aromatic carbocycles. The highest BCUT2D eigenvalue weighted by Crippen LogP contribution is 2.03. The van der Waals surface area contributed by atoms with Crippen molar-refractivity contribution in [2.24, 2.45) is 0 Å². The minimum atomic E-state index is -0.271. The number of rotatable bonds is 6. The fraction of sp³-hybridized carbons (Fsp3) is 0.467. The fourth-order valence-corrected chi connectivity index (χ4v) is 1.87. The third kappa shape index (κ3) is 5.38.